The molecule has 0 aromatic heterocycles. The molecule has 0 aliphatic rings. The van der Waals surface area contributed by atoms with Gasteiger partial charge in [-0.2, -0.15) is 0 Å². The maximum absolute atomic E-state index is 12.3. The molecular formula is C18H22N2O3S2. The Balaban J connectivity index is 2.15. The number of aryl methyl sites for hydroxylation is 3. The number of rotatable bonds is 5. The van der Waals surface area contributed by atoms with Crippen LogP contribution in [0.3, 0.4) is 0 Å². The van der Waals surface area contributed by atoms with Gasteiger partial charge in [0.15, 0.2) is 0 Å². The fourth-order valence-electron chi connectivity index (χ4n) is 2.31. The summed E-state index contributed by atoms with van der Waals surface area (Å²) in [7, 11) is -3.82. The molecule has 0 radical (unpaired) electrons. The molecule has 0 saturated heterocycles. The molecule has 0 atom stereocenters. The van der Waals surface area contributed by atoms with Crippen molar-refractivity contribution in [2.45, 2.75) is 37.5 Å². The predicted molar refractivity (Wildman–Crippen MR) is 103 cm³/mol. The minimum absolute atomic E-state index is 0.00641. The van der Waals surface area contributed by atoms with Gasteiger partial charge in [0, 0.05) is 10.6 Å². The minimum Gasteiger partial charge on any atom is -0.325 e. The van der Waals surface area contributed by atoms with Crippen molar-refractivity contribution < 1.29 is 13.2 Å². The molecule has 0 heterocycles. The van der Waals surface area contributed by atoms with Crippen LogP contribution in [0.4, 0.5) is 5.69 Å². The van der Waals surface area contributed by atoms with Gasteiger partial charge in [-0.3, -0.25) is 4.79 Å². The maximum atomic E-state index is 12.3. The molecule has 0 aliphatic carbocycles. The van der Waals surface area contributed by atoms with Gasteiger partial charge in [0.05, 0.1) is 10.6 Å². The number of hydrogen-bond acceptors (Lipinski definition) is 4. The topological polar surface area (TPSA) is 89.3 Å². The highest BCUT2D eigenvalue weighted by Crippen LogP contribution is 2.26. The van der Waals surface area contributed by atoms with Crippen molar-refractivity contribution in [2.75, 3.05) is 11.1 Å². The summed E-state index contributed by atoms with van der Waals surface area (Å²) in [5.74, 6) is 0.0440. The van der Waals surface area contributed by atoms with E-state index in [0.29, 0.717) is 5.69 Å². The van der Waals surface area contributed by atoms with Crippen LogP contribution in [-0.2, 0) is 14.8 Å². The summed E-state index contributed by atoms with van der Waals surface area (Å²) >= 11 is 1.45. The van der Waals surface area contributed by atoms with Crippen molar-refractivity contribution in [1.82, 2.24) is 0 Å². The van der Waals surface area contributed by atoms with Gasteiger partial charge in [-0.05, 0) is 62.6 Å². The quantitative estimate of drug-likeness (QED) is 0.781. The summed E-state index contributed by atoms with van der Waals surface area (Å²) in [6.45, 7) is 7.62. The first-order valence-corrected chi connectivity index (χ1v) is 10.2. The predicted octanol–water partition coefficient (Wildman–Crippen LogP) is 3.30. The van der Waals surface area contributed by atoms with Crippen LogP contribution in [0.2, 0.25) is 0 Å². The SMILES string of the molecule is Cc1ccc(C)c(SCC(=O)Nc2cc(S(N)(=O)=O)cc(C)c2C)c1. The van der Waals surface area contributed by atoms with Crippen molar-refractivity contribution in [3.63, 3.8) is 0 Å². The molecule has 5 nitrogen and oxygen atoms in total. The number of amides is 1. The lowest BCUT2D eigenvalue weighted by Gasteiger charge is -2.13. The molecule has 0 spiro atoms. The number of thioether (sulfide) groups is 1. The van der Waals surface area contributed by atoms with E-state index in [1.807, 2.05) is 39.0 Å². The molecule has 134 valence electrons. The van der Waals surface area contributed by atoms with Crippen molar-refractivity contribution in [3.8, 4) is 0 Å². The Morgan fingerprint density at radius 3 is 2.40 bits per heavy atom. The van der Waals surface area contributed by atoms with Gasteiger partial charge in [0.25, 0.3) is 0 Å². The highest BCUT2D eigenvalue weighted by atomic mass is 32.2. The summed E-state index contributed by atoms with van der Waals surface area (Å²) in [6, 6.07) is 9.01. The van der Waals surface area contributed by atoms with Crippen molar-refractivity contribution >= 4 is 33.4 Å². The van der Waals surface area contributed by atoms with Crippen molar-refractivity contribution in [2.24, 2.45) is 5.14 Å². The number of nitrogens with one attached hydrogen (secondary N) is 1. The Hall–Kier alpha value is -1.83. The van der Waals surface area contributed by atoms with E-state index in [-0.39, 0.29) is 16.6 Å². The van der Waals surface area contributed by atoms with Crippen LogP contribution in [0, 0.1) is 27.7 Å². The molecule has 2 aromatic carbocycles. The van der Waals surface area contributed by atoms with Crippen molar-refractivity contribution in [3.05, 3.63) is 52.6 Å². The van der Waals surface area contributed by atoms with Gasteiger partial charge in [0.1, 0.15) is 0 Å². The van der Waals surface area contributed by atoms with Gasteiger partial charge in [-0.25, -0.2) is 13.6 Å². The van der Waals surface area contributed by atoms with Crippen LogP contribution in [0.5, 0.6) is 0 Å². The van der Waals surface area contributed by atoms with Gasteiger partial charge >= 0.3 is 0 Å². The van der Waals surface area contributed by atoms with E-state index in [9.17, 15) is 13.2 Å². The standard InChI is InChI=1S/C18H22N2O3S2/c1-11-5-6-12(2)17(7-11)24-10-18(21)20-16-9-15(25(19,22)23)8-13(3)14(16)4/h5-9H,10H2,1-4H3,(H,20,21)(H2,19,22,23). The molecule has 0 saturated carbocycles. The fraction of sp³-hybridized carbons (Fsp3) is 0.278. The molecule has 2 rings (SSSR count). The number of carbonyl (C=O) groups is 1. The molecule has 25 heavy (non-hydrogen) atoms. The monoisotopic (exact) mass is 378 g/mol. The van der Waals surface area contributed by atoms with Gasteiger partial charge < -0.3 is 5.32 Å². The Morgan fingerprint density at radius 1 is 1.08 bits per heavy atom. The highest BCUT2D eigenvalue weighted by Gasteiger charge is 2.14. The van der Waals surface area contributed by atoms with Crippen LogP contribution in [0.1, 0.15) is 22.3 Å². The van der Waals surface area contributed by atoms with E-state index in [2.05, 4.69) is 5.32 Å². The Labute approximate surface area is 153 Å². The minimum atomic E-state index is -3.82. The lowest BCUT2D eigenvalue weighted by molar-refractivity contribution is -0.113. The lowest BCUT2D eigenvalue weighted by Crippen LogP contribution is -2.17. The van der Waals surface area contributed by atoms with E-state index < -0.39 is 10.0 Å². The lowest BCUT2D eigenvalue weighted by atomic mass is 10.1. The van der Waals surface area contributed by atoms with Crippen molar-refractivity contribution in [1.29, 1.82) is 0 Å². The number of primary sulfonamides is 1. The Bertz CT molecular complexity index is 922. The average Bonchev–Trinajstić information content (AvgIpc) is 2.51. The number of nitrogens with two attached hydrogens (primary N) is 1. The summed E-state index contributed by atoms with van der Waals surface area (Å²) in [5.41, 5.74) is 4.30. The first-order chi connectivity index (χ1) is 11.6. The van der Waals surface area contributed by atoms with E-state index in [1.165, 1.54) is 23.9 Å². The molecule has 2 aromatic rings. The number of carbonyl (C=O) groups excluding carboxylic acids is 1. The third-order valence-corrected chi connectivity index (χ3v) is 6.00. The third-order valence-electron chi connectivity index (χ3n) is 3.95. The maximum Gasteiger partial charge on any atom is 0.238 e. The highest BCUT2D eigenvalue weighted by molar-refractivity contribution is 8.00. The summed E-state index contributed by atoms with van der Waals surface area (Å²) in [4.78, 5) is 13.3. The number of benzene rings is 2. The first kappa shape index (κ1) is 19.5. The molecule has 1 amide bonds. The van der Waals surface area contributed by atoms with Gasteiger partial charge in [-0.15, -0.1) is 11.8 Å². The van der Waals surface area contributed by atoms with Crippen LogP contribution in [0.25, 0.3) is 0 Å². The second-order valence-corrected chi connectivity index (χ2v) is 8.64. The first-order valence-electron chi connectivity index (χ1n) is 7.72. The molecule has 7 heteroatoms. The average molecular weight is 379 g/mol. The van der Waals surface area contributed by atoms with Gasteiger partial charge in [-0.1, -0.05) is 17.7 Å². The zero-order valence-electron chi connectivity index (χ0n) is 14.7. The third kappa shape index (κ3) is 5.07. The van der Waals surface area contributed by atoms with E-state index in [0.717, 1.165) is 27.1 Å². The van der Waals surface area contributed by atoms with E-state index >= 15 is 0 Å². The van der Waals surface area contributed by atoms with Gasteiger partial charge in [0.2, 0.25) is 15.9 Å². The zero-order chi connectivity index (χ0) is 18.8. The molecule has 0 bridgehead atoms. The normalized spacial score (nSPS) is 11.4. The fourth-order valence-corrected chi connectivity index (χ4v) is 3.86. The summed E-state index contributed by atoms with van der Waals surface area (Å²) in [6.07, 6.45) is 0. The number of hydrogen-bond donors (Lipinski definition) is 2. The van der Waals surface area contributed by atoms with E-state index in [4.69, 9.17) is 5.14 Å². The zero-order valence-corrected chi connectivity index (χ0v) is 16.3. The molecule has 3 N–H and O–H groups in total. The van der Waals surface area contributed by atoms with E-state index in [1.54, 1.807) is 6.92 Å². The smallest absolute Gasteiger partial charge is 0.238 e. The molecule has 0 aliphatic heterocycles. The second-order valence-electron chi connectivity index (χ2n) is 6.06. The Morgan fingerprint density at radius 2 is 1.76 bits per heavy atom. The van der Waals surface area contributed by atoms with Crippen LogP contribution in [0.15, 0.2) is 40.1 Å². The van der Waals surface area contributed by atoms with Crippen LogP contribution >= 0.6 is 11.8 Å². The van der Waals surface area contributed by atoms with Crippen LogP contribution in [-0.4, -0.2) is 20.1 Å². The summed E-state index contributed by atoms with van der Waals surface area (Å²) in [5, 5.41) is 7.98. The summed E-state index contributed by atoms with van der Waals surface area (Å²) < 4.78 is 23.2. The second kappa shape index (κ2) is 7.59. The number of sulfonamides is 1. The van der Waals surface area contributed by atoms with Crippen LogP contribution < -0.4 is 10.5 Å². The molecular weight excluding hydrogens is 356 g/mol. The molecule has 0 unspecified atom stereocenters. The molecule has 0 fully saturated rings. The Kier molecular flexibility index (Phi) is 5.92. The number of anilines is 1. The largest absolute Gasteiger partial charge is 0.325 e.